The van der Waals surface area contributed by atoms with E-state index in [2.05, 4.69) is 25.9 Å². The molecule has 1 aromatic carbocycles. The van der Waals surface area contributed by atoms with E-state index in [1.165, 1.54) is 7.11 Å². The largest absolute Gasteiger partial charge is 0.480 e. The van der Waals surface area contributed by atoms with E-state index in [9.17, 15) is 4.79 Å². The molecule has 0 saturated carbocycles. The van der Waals surface area contributed by atoms with Gasteiger partial charge in [0.15, 0.2) is 0 Å². The van der Waals surface area contributed by atoms with E-state index in [0.29, 0.717) is 29.2 Å². The third-order valence-electron chi connectivity index (χ3n) is 2.47. The quantitative estimate of drug-likeness (QED) is 0.809. The van der Waals surface area contributed by atoms with Gasteiger partial charge in [-0.15, -0.1) is 0 Å². The van der Waals surface area contributed by atoms with Crippen molar-refractivity contribution in [3.05, 3.63) is 28.4 Å². The van der Waals surface area contributed by atoms with E-state index >= 15 is 0 Å². The number of hydrogen-bond donors (Lipinski definition) is 0. The first kappa shape index (κ1) is 13.7. The standard InChI is InChI=1S/C13H13BrN2O3/c1-3-19-12(17)7-11-13(18-2)16-9-5-4-8(14)6-10(9)15-11/h4-6H,3,7H2,1-2H3. The van der Waals surface area contributed by atoms with Gasteiger partial charge in [-0.3, -0.25) is 4.79 Å². The van der Waals surface area contributed by atoms with Crippen LogP contribution in [0.2, 0.25) is 0 Å². The lowest BCUT2D eigenvalue weighted by molar-refractivity contribution is -0.142. The minimum atomic E-state index is -0.343. The lowest BCUT2D eigenvalue weighted by Crippen LogP contribution is -2.11. The lowest BCUT2D eigenvalue weighted by Gasteiger charge is -2.08. The number of aromatic nitrogens is 2. The molecule has 2 aromatic rings. The van der Waals surface area contributed by atoms with Gasteiger partial charge in [-0.25, -0.2) is 9.97 Å². The molecule has 6 heteroatoms. The van der Waals surface area contributed by atoms with Crippen molar-refractivity contribution in [3.63, 3.8) is 0 Å². The number of benzene rings is 1. The second-order valence-electron chi connectivity index (χ2n) is 3.79. The zero-order valence-electron chi connectivity index (χ0n) is 10.6. The van der Waals surface area contributed by atoms with Crippen LogP contribution in [0.4, 0.5) is 0 Å². The van der Waals surface area contributed by atoms with Gasteiger partial charge in [0.2, 0.25) is 5.88 Å². The summed E-state index contributed by atoms with van der Waals surface area (Å²) in [5, 5.41) is 0. The van der Waals surface area contributed by atoms with Crippen LogP contribution in [-0.4, -0.2) is 29.7 Å². The van der Waals surface area contributed by atoms with Gasteiger partial charge in [0, 0.05) is 4.47 Å². The first-order valence-electron chi connectivity index (χ1n) is 5.79. The van der Waals surface area contributed by atoms with Crippen molar-refractivity contribution in [1.82, 2.24) is 9.97 Å². The maximum Gasteiger partial charge on any atom is 0.312 e. The van der Waals surface area contributed by atoms with Gasteiger partial charge in [0.1, 0.15) is 5.69 Å². The molecule has 100 valence electrons. The van der Waals surface area contributed by atoms with Crippen molar-refractivity contribution >= 4 is 32.9 Å². The van der Waals surface area contributed by atoms with E-state index in [1.54, 1.807) is 6.92 Å². The Morgan fingerprint density at radius 1 is 1.32 bits per heavy atom. The molecule has 0 aliphatic rings. The van der Waals surface area contributed by atoms with Crippen molar-refractivity contribution in [2.24, 2.45) is 0 Å². The highest BCUT2D eigenvalue weighted by Gasteiger charge is 2.14. The summed E-state index contributed by atoms with van der Waals surface area (Å²) in [5.74, 6) is 0.00678. The van der Waals surface area contributed by atoms with E-state index in [1.807, 2.05) is 18.2 Å². The number of fused-ring (bicyclic) bond motifs is 1. The first-order valence-corrected chi connectivity index (χ1v) is 6.59. The number of hydrogen-bond acceptors (Lipinski definition) is 5. The number of halogens is 1. The highest BCUT2D eigenvalue weighted by atomic mass is 79.9. The van der Waals surface area contributed by atoms with Crippen LogP contribution in [0, 0.1) is 0 Å². The van der Waals surface area contributed by atoms with Crippen LogP contribution in [0.15, 0.2) is 22.7 Å². The van der Waals surface area contributed by atoms with Crippen molar-refractivity contribution in [1.29, 1.82) is 0 Å². The van der Waals surface area contributed by atoms with Crippen LogP contribution < -0.4 is 4.74 Å². The molecule has 0 aliphatic heterocycles. The van der Waals surface area contributed by atoms with Crippen LogP contribution in [0.3, 0.4) is 0 Å². The normalized spacial score (nSPS) is 10.5. The van der Waals surface area contributed by atoms with Crippen LogP contribution in [0.1, 0.15) is 12.6 Å². The zero-order valence-corrected chi connectivity index (χ0v) is 12.2. The molecule has 1 aromatic heterocycles. The molecular formula is C13H13BrN2O3. The number of methoxy groups -OCH3 is 1. The van der Waals surface area contributed by atoms with Gasteiger partial charge in [0.05, 0.1) is 31.2 Å². The second-order valence-corrected chi connectivity index (χ2v) is 4.71. The molecule has 0 spiro atoms. The smallest absolute Gasteiger partial charge is 0.312 e. The molecular weight excluding hydrogens is 312 g/mol. The van der Waals surface area contributed by atoms with Gasteiger partial charge in [-0.1, -0.05) is 15.9 Å². The summed E-state index contributed by atoms with van der Waals surface area (Å²) < 4.78 is 11.0. The monoisotopic (exact) mass is 324 g/mol. The van der Waals surface area contributed by atoms with Crippen molar-refractivity contribution < 1.29 is 14.3 Å². The molecule has 0 bridgehead atoms. The second kappa shape index (κ2) is 5.97. The summed E-state index contributed by atoms with van der Waals surface area (Å²) in [5.41, 5.74) is 1.90. The predicted octanol–water partition coefficient (Wildman–Crippen LogP) is 2.51. The van der Waals surface area contributed by atoms with Gasteiger partial charge < -0.3 is 9.47 Å². The van der Waals surface area contributed by atoms with E-state index < -0.39 is 0 Å². The number of carbonyl (C=O) groups excluding carboxylic acids is 1. The Labute approximate surface area is 119 Å². The topological polar surface area (TPSA) is 61.3 Å². The Morgan fingerprint density at radius 2 is 2.11 bits per heavy atom. The molecule has 5 nitrogen and oxygen atoms in total. The zero-order chi connectivity index (χ0) is 13.8. The average Bonchev–Trinajstić information content (AvgIpc) is 2.38. The van der Waals surface area contributed by atoms with Crippen molar-refractivity contribution in [2.75, 3.05) is 13.7 Å². The van der Waals surface area contributed by atoms with Crippen LogP contribution in [-0.2, 0) is 16.0 Å². The molecule has 0 saturated heterocycles. The Bertz CT molecular complexity index is 616. The Morgan fingerprint density at radius 3 is 2.79 bits per heavy atom. The Hall–Kier alpha value is -1.69. The minimum absolute atomic E-state index is 0.0481. The summed E-state index contributed by atoms with van der Waals surface area (Å²) in [7, 11) is 1.50. The summed E-state index contributed by atoms with van der Waals surface area (Å²) in [6, 6.07) is 5.56. The van der Waals surface area contributed by atoms with Crippen LogP contribution in [0.25, 0.3) is 11.0 Å². The summed E-state index contributed by atoms with van der Waals surface area (Å²) in [6.07, 6.45) is 0.0481. The molecule has 19 heavy (non-hydrogen) atoms. The highest BCUT2D eigenvalue weighted by molar-refractivity contribution is 9.10. The molecule has 0 N–H and O–H groups in total. The summed E-state index contributed by atoms with van der Waals surface area (Å²) >= 11 is 3.38. The maximum absolute atomic E-state index is 11.5. The number of carbonyl (C=O) groups is 1. The molecule has 0 radical (unpaired) electrons. The Kier molecular flexibility index (Phi) is 4.31. The van der Waals surface area contributed by atoms with E-state index in [-0.39, 0.29) is 12.4 Å². The van der Waals surface area contributed by atoms with Crippen molar-refractivity contribution in [2.45, 2.75) is 13.3 Å². The molecule has 2 rings (SSSR count). The molecule has 0 aliphatic carbocycles. The van der Waals surface area contributed by atoms with Gasteiger partial charge in [-0.05, 0) is 25.1 Å². The summed E-state index contributed by atoms with van der Waals surface area (Å²) in [4.78, 5) is 20.3. The number of rotatable bonds is 4. The molecule has 1 heterocycles. The van der Waals surface area contributed by atoms with Crippen LogP contribution >= 0.6 is 15.9 Å². The molecule has 0 fully saturated rings. The Balaban J connectivity index is 2.43. The number of esters is 1. The predicted molar refractivity (Wildman–Crippen MR) is 74.1 cm³/mol. The van der Waals surface area contributed by atoms with E-state index in [4.69, 9.17) is 9.47 Å². The highest BCUT2D eigenvalue weighted by Crippen LogP contribution is 2.22. The third-order valence-corrected chi connectivity index (χ3v) is 2.97. The number of ether oxygens (including phenoxy) is 2. The van der Waals surface area contributed by atoms with E-state index in [0.717, 1.165) is 4.47 Å². The molecule has 0 unspecified atom stereocenters. The van der Waals surface area contributed by atoms with Crippen molar-refractivity contribution in [3.8, 4) is 5.88 Å². The average molecular weight is 325 g/mol. The van der Waals surface area contributed by atoms with Gasteiger partial charge in [0.25, 0.3) is 0 Å². The molecule has 0 amide bonds. The lowest BCUT2D eigenvalue weighted by atomic mass is 10.2. The molecule has 0 atom stereocenters. The summed E-state index contributed by atoms with van der Waals surface area (Å²) in [6.45, 7) is 2.10. The fourth-order valence-corrected chi connectivity index (χ4v) is 2.02. The minimum Gasteiger partial charge on any atom is -0.480 e. The fraction of sp³-hybridized carbons (Fsp3) is 0.308. The third kappa shape index (κ3) is 3.20. The van der Waals surface area contributed by atoms with Crippen LogP contribution in [0.5, 0.6) is 5.88 Å². The van der Waals surface area contributed by atoms with Gasteiger partial charge in [-0.2, -0.15) is 0 Å². The maximum atomic E-state index is 11.5. The first-order chi connectivity index (χ1) is 9.13. The SMILES string of the molecule is CCOC(=O)Cc1nc2cc(Br)ccc2nc1OC. The van der Waals surface area contributed by atoms with Gasteiger partial charge >= 0.3 is 5.97 Å². The number of nitrogens with zero attached hydrogens (tertiary/aromatic N) is 2. The fourth-order valence-electron chi connectivity index (χ4n) is 1.68.